The second kappa shape index (κ2) is 12.6. The summed E-state index contributed by atoms with van der Waals surface area (Å²) in [6.45, 7) is 4.75. The summed E-state index contributed by atoms with van der Waals surface area (Å²) in [5.74, 6) is 1.32. The van der Waals surface area contributed by atoms with E-state index in [2.05, 4.69) is 24.5 Å². The summed E-state index contributed by atoms with van der Waals surface area (Å²) in [7, 11) is 0. The van der Waals surface area contributed by atoms with Gasteiger partial charge in [-0.1, -0.05) is 47.5 Å². The maximum atomic E-state index is 13.6. The fraction of sp³-hybridized carbons (Fsp3) is 0.118. The van der Waals surface area contributed by atoms with E-state index in [1.807, 2.05) is 78.9 Å². The number of ether oxygens (including phenoxy) is 1. The first-order valence-corrected chi connectivity index (χ1v) is 15.2. The minimum absolute atomic E-state index is 0.108. The zero-order valence-corrected chi connectivity index (χ0v) is 25.8. The molecular weight excluding hydrogens is 601 g/mol. The largest absolute Gasteiger partial charge is 0.489 e. The van der Waals surface area contributed by atoms with Gasteiger partial charge in [-0.15, -0.1) is 0 Å². The molecule has 1 fully saturated rings. The van der Waals surface area contributed by atoms with Crippen molar-refractivity contribution in [2.75, 3.05) is 0 Å². The molecule has 0 spiro atoms. The predicted molar refractivity (Wildman–Crippen MR) is 174 cm³/mol. The van der Waals surface area contributed by atoms with E-state index in [0.29, 0.717) is 39.0 Å². The molecule has 0 bridgehead atoms. The number of rotatable bonds is 8. The molecule has 0 unspecified atom stereocenters. The SMILES string of the molecule is Cc1cc(/C=C2/SC(=Nc3ccccc3)N(Cc3ccco3)C2=O)c(C)n1-c1ccc(OCc2ccc(Cl)cc2Cl)cc1. The van der Waals surface area contributed by atoms with Crippen molar-refractivity contribution < 1.29 is 13.9 Å². The van der Waals surface area contributed by atoms with Crippen molar-refractivity contribution in [3.8, 4) is 11.4 Å². The van der Waals surface area contributed by atoms with E-state index in [1.54, 1.807) is 23.3 Å². The summed E-state index contributed by atoms with van der Waals surface area (Å²) in [5.41, 5.74) is 5.67. The minimum atomic E-state index is -0.108. The van der Waals surface area contributed by atoms with E-state index in [0.717, 1.165) is 39.6 Å². The molecule has 1 amide bonds. The summed E-state index contributed by atoms with van der Waals surface area (Å²) in [6, 6.07) is 28.7. The number of nitrogens with zero attached hydrogens (tertiary/aromatic N) is 3. The number of thioether (sulfide) groups is 1. The Morgan fingerprint density at radius 2 is 1.74 bits per heavy atom. The van der Waals surface area contributed by atoms with Crippen LogP contribution in [0.5, 0.6) is 5.75 Å². The van der Waals surface area contributed by atoms with Crippen molar-refractivity contribution in [3.63, 3.8) is 0 Å². The molecule has 5 aromatic rings. The lowest BCUT2D eigenvalue weighted by atomic mass is 10.2. The van der Waals surface area contributed by atoms with Gasteiger partial charge in [0.25, 0.3) is 5.91 Å². The van der Waals surface area contributed by atoms with Crippen LogP contribution >= 0.6 is 35.0 Å². The highest BCUT2D eigenvalue weighted by Crippen LogP contribution is 2.36. The number of aromatic nitrogens is 1. The first-order chi connectivity index (χ1) is 20.9. The molecule has 0 radical (unpaired) electrons. The molecule has 43 heavy (non-hydrogen) atoms. The van der Waals surface area contributed by atoms with Crippen molar-refractivity contribution in [3.05, 3.63) is 140 Å². The van der Waals surface area contributed by atoms with Gasteiger partial charge in [0.2, 0.25) is 0 Å². The monoisotopic (exact) mass is 627 g/mol. The van der Waals surface area contributed by atoms with Crippen LogP contribution in [0.2, 0.25) is 10.0 Å². The molecule has 2 aromatic heterocycles. The van der Waals surface area contributed by atoms with Gasteiger partial charge in [0.15, 0.2) is 5.17 Å². The summed E-state index contributed by atoms with van der Waals surface area (Å²) in [6.07, 6.45) is 3.55. The fourth-order valence-electron chi connectivity index (χ4n) is 4.87. The number of hydrogen-bond acceptors (Lipinski definition) is 5. The quantitative estimate of drug-likeness (QED) is 0.161. The number of carbonyl (C=O) groups excluding carboxylic acids is 1. The lowest BCUT2D eigenvalue weighted by Gasteiger charge is -2.13. The molecule has 0 saturated carbocycles. The Labute approximate surface area is 264 Å². The zero-order chi connectivity index (χ0) is 29.9. The zero-order valence-electron chi connectivity index (χ0n) is 23.5. The molecule has 0 atom stereocenters. The van der Waals surface area contributed by atoms with Crippen LogP contribution in [-0.4, -0.2) is 20.5 Å². The van der Waals surface area contributed by atoms with Gasteiger partial charge in [0, 0.05) is 32.7 Å². The van der Waals surface area contributed by atoms with Gasteiger partial charge in [0.05, 0.1) is 23.4 Å². The van der Waals surface area contributed by atoms with Crippen LogP contribution in [0, 0.1) is 13.8 Å². The lowest BCUT2D eigenvalue weighted by Crippen LogP contribution is -2.28. The third-order valence-electron chi connectivity index (χ3n) is 7.02. The Kier molecular flexibility index (Phi) is 8.47. The lowest BCUT2D eigenvalue weighted by molar-refractivity contribution is -0.122. The van der Waals surface area contributed by atoms with Crippen LogP contribution in [0.1, 0.15) is 28.3 Å². The first-order valence-electron chi connectivity index (χ1n) is 13.6. The van der Waals surface area contributed by atoms with Crippen molar-refractivity contribution in [2.24, 2.45) is 4.99 Å². The number of hydrogen-bond donors (Lipinski definition) is 0. The second-order valence-corrected chi connectivity index (χ2v) is 11.8. The number of halogens is 2. The molecule has 6 nitrogen and oxygen atoms in total. The van der Waals surface area contributed by atoms with Crippen LogP contribution in [-0.2, 0) is 17.9 Å². The maximum Gasteiger partial charge on any atom is 0.267 e. The Morgan fingerprint density at radius 3 is 2.47 bits per heavy atom. The highest BCUT2D eigenvalue weighted by molar-refractivity contribution is 8.18. The highest BCUT2D eigenvalue weighted by Gasteiger charge is 2.34. The normalized spacial score (nSPS) is 15.2. The minimum Gasteiger partial charge on any atom is -0.489 e. The predicted octanol–water partition coefficient (Wildman–Crippen LogP) is 9.38. The molecule has 6 rings (SSSR count). The van der Waals surface area contributed by atoms with Crippen molar-refractivity contribution >= 4 is 57.8 Å². The summed E-state index contributed by atoms with van der Waals surface area (Å²) in [4.78, 5) is 20.7. The molecule has 0 N–H and O–H groups in total. The first kappa shape index (κ1) is 28.9. The van der Waals surface area contributed by atoms with E-state index in [1.165, 1.54) is 11.8 Å². The van der Waals surface area contributed by atoms with Gasteiger partial charge in [-0.05, 0) is 104 Å². The van der Waals surface area contributed by atoms with Gasteiger partial charge >= 0.3 is 0 Å². The van der Waals surface area contributed by atoms with Crippen molar-refractivity contribution in [1.82, 2.24) is 9.47 Å². The Morgan fingerprint density at radius 1 is 0.953 bits per heavy atom. The van der Waals surface area contributed by atoms with E-state index in [4.69, 9.17) is 37.3 Å². The number of amides is 1. The molecule has 3 aromatic carbocycles. The number of aryl methyl sites for hydroxylation is 1. The summed E-state index contributed by atoms with van der Waals surface area (Å²) < 4.78 is 13.7. The number of amidine groups is 1. The van der Waals surface area contributed by atoms with Crippen molar-refractivity contribution in [1.29, 1.82) is 0 Å². The van der Waals surface area contributed by atoms with Crippen LogP contribution in [0.25, 0.3) is 11.8 Å². The topological polar surface area (TPSA) is 60.0 Å². The number of furan rings is 1. The molecule has 1 aliphatic heterocycles. The molecule has 9 heteroatoms. The third kappa shape index (κ3) is 6.44. The van der Waals surface area contributed by atoms with Crippen molar-refractivity contribution in [2.45, 2.75) is 27.0 Å². The number of para-hydroxylation sites is 1. The smallest absolute Gasteiger partial charge is 0.267 e. The highest BCUT2D eigenvalue weighted by atomic mass is 35.5. The van der Waals surface area contributed by atoms with Gasteiger partial charge in [-0.25, -0.2) is 4.99 Å². The van der Waals surface area contributed by atoms with Crippen LogP contribution in [0.15, 0.2) is 112 Å². The van der Waals surface area contributed by atoms with Gasteiger partial charge in [0.1, 0.15) is 18.1 Å². The second-order valence-electron chi connectivity index (χ2n) is 9.99. The van der Waals surface area contributed by atoms with Gasteiger partial charge in [-0.2, -0.15) is 0 Å². The third-order valence-corrected chi connectivity index (χ3v) is 8.62. The standard InChI is InChI=1S/C34H27Cl2N3O3S/c1-22-17-25(23(2)39(22)28-12-14-29(15-13-28)42-21-24-10-11-26(35)19-31(24)36)18-32-33(40)38(20-30-9-6-16-41-30)34(43-32)37-27-7-4-3-5-8-27/h3-19H,20-21H2,1-2H3/b32-18+,37-34?. The number of benzene rings is 3. The maximum absolute atomic E-state index is 13.6. The number of carbonyl (C=O) groups is 1. The molecule has 3 heterocycles. The molecule has 216 valence electrons. The molecule has 0 aliphatic carbocycles. The van der Waals surface area contributed by atoms with Crippen LogP contribution < -0.4 is 4.74 Å². The fourth-order valence-corrected chi connectivity index (χ4v) is 6.32. The van der Waals surface area contributed by atoms with E-state index >= 15 is 0 Å². The van der Waals surface area contributed by atoms with E-state index < -0.39 is 0 Å². The molecule has 1 aliphatic rings. The molecular formula is C34H27Cl2N3O3S. The Bertz CT molecular complexity index is 1830. The molecule has 1 saturated heterocycles. The summed E-state index contributed by atoms with van der Waals surface area (Å²) >= 11 is 13.7. The average Bonchev–Trinajstić information content (AvgIpc) is 3.69. The van der Waals surface area contributed by atoms with Crippen LogP contribution in [0.4, 0.5) is 5.69 Å². The average molecular weight is 629 g/mol. The Balaban J connectivity index is 1.24. The number of aliphatic imine (C=N–C) groups is 1. The summed E-state index contributed by atoms with van der Waals surface area (Å²) in [5, 5.41) is 1.78. The van der Waals surface area contributed by atoms with E-state index in [-0.39, 0.29) is 5.91 Å². The van der Waals surface area contributed by atoms with E-state index in [9.17, 15) is 4.79 Å². The van der Waals surface area contributed by atoms with Gasteiger partial charge in [-0.3, -0.25) is 9.69 Å². The van der Waals surface area contributed by atoms with Gasteiger partial charge < -0.3 is 13.7 Å². The Hall–Kier alpha value is -4.17. The van der Waals surface area contributed by atoms with Crippen LogP contribution in [0.3, 0.4) is 0 Å².